The first-order valence-electron chi connectivity index (χ1n) is 5.27. The van der Waals surface area contributed by atoms with Crippen molar-refractivity contribution >= 4 is 23.4 Å². The number of carboxylic acids is 1. The van der Waals surface area contributed by atoms with E-state index in [1.54, 1.807) is 12.1 Å². The topological polar surface area (TPSA) is 63.6 Å². The SMILES string of the molecule is O=C(O)CC(=O)c1cc(Cl)ccc1OC1CC1. The van der Waals surface area contributed by atoms with Crippen molar-refractivity contribution < 1.29 is 19.4 Å². The molecule has 4 nitrogen and oxygen atoms in total. The molecule has 1 aromatic carbocycles. The van der Waals surface area contributed by atoms with Crippen molar-refractivity contribution in [2.75, 3.05) is 0 Å². The summed E-state index contributed by atoms with van der Waals surface area (Å²) in [6, 6.07) is 4.68. The van der Waals surface area contributed by atoms with Crippen LogP contribution in [0.5, 0.6) is 5.75 Å². The van der Waals surface area contributed by atoms with Gasteiger partial charge in [0.1, 0.15) is 12.2 Å². The molecule has 0 spiro atoms. The largest absolute Gasteiger partial charge is 0.490 e. The number of aliphatic carboxylic acids is 1. The zero-order chi connectivity index (χ0) is 12.4. The second-order valence-corrected chi connectivity index (χ2v) is 4.39. The average molecular weight is 255 g/mol. The Morgan fingerprint density at radius 3 is 2.71 bits per heavy atom. The fraction of sp³-hybridized carbons (Fsp3) is 0.333. The third-order valence-corrected chi connectivity index (χ3v) is 2.61. The Hall–Kier alpha value is -1.55. The summed E-state index contributed by atoms with van der Waals surface area (Å²) in [5.41, 5.74) is 0.242. The Morgan fingerprint density at radius 1 is 1.41 bits per heavy atom. The molecule has 0 heterocycles. The highest BCUT2D eigenvalue weighted by Crippen LogP contribution is 2.31. The molecule has 2 rings (SSSR count). The molecule has 1 N–H and O–H groups in total. The van der Waals surface area contributed by atoms with E-state index in [2.05, 4.69) is 0 Å². The van der Waals surface area contributed by atoms with Crippen molar-refractivity contribution in [2.24, 2.45) is 0 Å². The van der Waals surface area contributed by atoms with Crippen LogP contribution >= 0.6 is 11.6 Å². The summed E-state index contributed by atoms with van der Waals surface area (Å²) in [7, 11) is 0. The highest BCUT2D eigenvalue weighted by Gasteiger charge is 2.26. The fourth-order valence-electron chi connectivity index (χ4n) is 1.42. The summed E-state index contributed by atoms with van der Waals surface area (Å²) in [6.45, 7) is 0. The molecule has 1 aromatic rings. The van der Waals surface area contributed by atoms with E-state index in [1.807, 2.05) is 0 Å². The summed E-state index contributed by atoms with van der Waals surface area (Å²) in [4.78, 5) is 22.2. The molecule has 90 valence electrons. The van der Waals surface area contributed by atoms with Gasteiger partial charge >= 0.3 is 5.97 Å². The Labute approximate surface area is 103 Å². The van der Waals surface area contributed by atoms with Crippen molar-refractivity contribution in [2.45, 2.75) is 25.4 Å². The van der Waals surface area contributed by atoms with Gasteiger partial charge in [0.25, 0.3) is 0 Å². The number of carboxylic acid groups (broad SMARTS) is 1. The van der Waals surface area contributed by atoms with Crippen LogP contribution in [0.1, 0.15) is 29.6 Å². The first kappa shape index (κ1) is 11.9. The van der Waals surface area contributed by atoms with Crippen LogP contribution < -0.4 is 4.74 Å². The minimum absolute atomic E-state index is 0.146. The van der Waals surface area contributed by atoms with Crippen LogP contribution in [0.15, 0.2) is 18.2 Å². The monoisotopic (exact) mass is 254 g/mol. The van der Waals surface area contributed by atoms with Crippen molar-refractivity contribution in [3.05, 3.63) is 28.8 Å². The molecule has 0 aliphatic heterocycles. The van der Waals surface area contributed by atoms with Crippen molar-refractivity contribution in [3.8, 4) is 5.75 Å². The lowest BCUT2D eigenvalue weighted by Gasteiger charge is -2.09. The average Bonchev–Trinajstić information content (AvgIpc) is 3.03. The van der Waals surface area contributed by atoms with Crippen LogP contribution in [0.4, 0.5) is 0 Å². The molecule has 5 heteroatoms. The molecule has 0 atom stereocenters. The van der Waals surface area contributed by atoms with Gasteiger partial charge in [0, 0.05) is 5.02 Å². The van der Waals surface area contributed by atoms with Crippen molar-refractivity contribution in [1.29, 1.82) is 0 Å². The Morgan fingerprint density at radius 2 is 2.12 bits per heavy atom. The predicted octanol–water partition coefficient (Wildman–Crippen LogP) is 2.54. The lowest BCUT2D eigenvalue weighted by atomic mass is 10.1. The number of carbonyl (C=O) groups is 2. The lowest BCUT2D eigenvalue weighted by Crippen LogP contribution is -2.10. The minimum Gasteiger partial charge on any atom is -0.490 e. The standard InChI is InChI=1S/C12H11ClO4/c13-7-1-4-11(17-8-2-3-8)9(5-7)10(14)6-12(15)16/h1,4-5,8H,2-3,6H2,(H,15,16). The maximum Gasteiger partial charge on any atom is 0.311 e. The Bertz CT molecular complexity index is 466. The molecule has 0 unspecified atom stereocenters. The Balaban J connectivity index is 2.24. The van der Waals surface area contributed by atoms with Gasteiger partial charge in [0.2, 0.25) is 0 Å². The van der Waals surface area contributed by atoms with Gasteiger partial charge in [-0.1, -0.05) is 11.6 Å². The van der Waals surface area contributed by atoms with E-state index in [-0.39, 0.29) is 11.7 Å². The molecule has 1 fully saturated rings. The molecular weight excluding hydrogens is 244 g/mol. The summed E-state index contributed by atoms with van der Waals surface area (Å²) in [5.74, 6) is -1.23. The molecule has 0 aromatic heterocycles. The Kier molecular flexibility index (Phi) is 3.33. The number of ether oxygens (including phenoxy) is 1. The summed E-state index contributed by atoms with van der Waals surface area (Å²) >= 11 is 5.79. The van der Waals surface area contributed by atoms with Gasteiger partial charge in [-0.05, 0) is 31.0 Å². The van der Waals surface area contributed by atoms with Gasteiger partial charge in [0.15, 0.2) is 5.78 Å². The van der Waals surface area contributed by atoms with E-state index in [0.29, 0.717) is 10.8 Å². The number of hydrogen-bond donors (Lipinski definition) is 1. The number of benzene rings is 1. The van der Waals surface area contributed by atoms with Crippen LogP contribution in [0.2, 0.25) is 5.02 Å². The van der Waals surface area contributed by atoms with Crippen molar-refractivity contribution in [1.82, 2.24) is 0 Å². The van der Waals surface area contributed by atoms with Crippen LogP contribution in [-0.4, -0.2) is 23.0 Å². The van der Waals surface area contributed by atoms with E-state index in [9.17, 15) is 9.59 Å². The van der Waals surface area contributed by atoms with E-state index in [4.69, 9.17) is 21.4 Å². The van der Waals surface area contributed by atoms with Crippen LogP contribution in [-0.2, 0) is 4.79 Å². The number of carbonyl (C=O) groups excluding carboxylic acids is 1. The molecule has 17 heavy (non-hydrogen) atoms. The van der Waals surface area contributed by atoms with Gasteiger partial charge in [-0.15, -0.1) is 0 Å². The van der Waals surface area contributed by atoms with Gasteiger partial charge in [-0.2, -0.15) is 0 Å². The smallest absolute Gasteiger partial charge is 0.311 e. The maximum absolute atomic E-state index is 11.7. The predicted molar refractivity (Wildman–Crippen MR) is 61.7 cm³/mol. The van der Waals surface area contributed by atoms with Gasteiger partial charge in [-0.25, -0.2) is 0 Å². The first-order chi connectivity index (χ1) is 8.06. The zero-order valence-electron chi connectivity index (χ0n) is 8.98. The quantitative estimate of drug-likeness (QED) is 0.648. The molecule has 1 aliphatic rings. The van der Waals surface area contributed by atoms with Gasteiger partial charge in [0.05, 0.1) is 11.7 Å². The van der Waals surface area contributed by atoms with Crippen LogP contribution in [0, 0.1) is 0 Å². The summed E-state index contributed by atoms with van der Waals surface area (Å²) in [5, 5.41) is 9.00. The molecule has 0 amide bonds. The van der Waals surface area contributed by atoms with Crippen molar-refractivity contribution in [3.63, 3.8) is 0 Å². The van der Waals surface area contributed by atoms with Gasteiger partial charge in [-0.3, -0.25) is 9.59 Å². The third-order valence-electron chi connectivity index (χ3n) is 2.37. The van der Waals surface area contributed by atoms with Gasteiger partial charge < -0.3 is 9.84 Å². The molecule has 0 radical (unpaired) electrons. The highest BCUT2D eigenvalue weighted by atomic mass is 35.5. The van der Waals surface area contributed by atoms with E-state index in [0.717, 1.165) is 12.8 Å². The third kappa shape index (κ3) is 3.20. The number of Topliss-reactive ketones (excluding diaryl/α,β-unsaturated/α-hetero) is 1. The molecule has 0 bridgehead atoms. The van der Waals surface area contributed by atoms with E-state index < -0.39 is 18.2 Å². The number of hydrogen-bond acceptors (Lipinski definition) is 3. The lowest BCUT2D eigenvalue weighted by molar-refractivity contribution is -0.135. The molecule has 1 saturated carbocycles. The highest BCUT2D eigenvalue weighted by molar-refractivity contribution is 6.31. The number of ketones is 1. The second-order valence-electron chi connectivity index (χ2n) is 3.95. The molecule has 1 aliphatic carbocycles. The normalized spacial score (nSPS) is 14.4. The molecular formula is C12H11ClO4. The summed E-state index contributed by atoms with van der Waals surface area (Å²) in [6.07, 6.45) is 1.53. The number of rotatable bonds is 5. The minimum atomic E-state index is -1.16. The molecule has 0 saturated heterocycles. The van der Waals surface area contributed by atoms with E-state index >= 15 is 0 Å². The number of halogens is 1. The van der Waals surface area contributed by atoms with Crippen LogP contribution in [0.3, 0.4) is 0 Å². The second kappa shape index (κ2) is 4.75. The maximum atomic E-state index is 11.7. The first-order valence-corrected chi connectivity index (χ1v) is 5.65. The van der Waals surface area contributed by atoms with E-state index in [1.165, 1.54) is 6.07 Å². The zero-order valence-corrected chi connectivity index (χ0v) is 9.74. The van der Waals surface area contributed by atoms with Crippen LogP contribution in [0.25, 0.3) is 0 Å². The summed E-state index contributed by atoms with van der Waals surface area (Å²) < 4.78 is 5.54. The fourth-order valence-corrected chi connectivity index (χ4v) is 1.59.